The number of hydrogen-bond acceptors (Lipinski definition) is 4. The van der Waals surface area contributed by atoms with E-state index in [4.69, 9.17) is 4.74 Å². The van der Waals surface area contributed by atoms with E-state index in [2.05, 4.69) is 16.5 Å². The highest BCUT2D eigenvalue weighted by molar-refractivity contribution is 7.89. The lowest BCUT2D eigenvalue weighted by molar-refractivity contribution is 0.134. The average Bonchev–Trinajstić information content (AvgIpc) is 2.95. The number of ether oxygens (including phenoxy) is 1. The van der Waals surface area contributed by atoms with Gasteiger partial charge in [-0.3, -0.25) is 0 Å². The Bertz CT molecular complexity index is 556. The van der Waals surface area contributed by atoms with E-state index in [9.17, 15) is 8.42 Å². The first-order valence-corrected chi connectivity index (χ1v) is 9.11. The van der Waals surface area contributed by atoms with Crippen molar-refractivity contribution in [2.75, 3.05) is 26.0 Å². The maximum Gasteiger partial charge on any atom is 0.216 e. The monoisotopic (exact) mass is 315 g/mol. The van der Waals surface area contributed by atoms with Gasteiger partial charge in [-0.2, -0.15) is 4.31 Å². The number of nitrogens with zero attached hydrogens (tertiary/aromatic N) is 3. The molecule has 0 saturated carbocycles. The minimum atomic E-state index is -3.26. The van der Waals surface area contributed by atoms with Crippen LogP contribution in [0.2, 0.25) is 0 Å². The van der Waals surface area contributed by atoms with E-state index >= 15 is 0 Å². The molecule has 0 aromatic carbocycles. The van der Waals surface area contributed by atoms with E-state index in [1.165, 1.54) is 7.11 Å². The summed E-state index contributed by atoms with van der Waals surface area (Å²) < 4.78 is 33.7. The summed E-state index contributed by atoms with van der Waals surface area (Å²) in [5.74, 6) is 1.06. The Balaban J connectivity index is 2.10. The van der Waals surface area contributed by atoms with Crippen molar-refractivity contribution < 1.29 is 13.2 Å². The molecule has 1 aromatic heterocycles. The normalized spacial score (nSPS) is 22.3. The first-order chi connectivity index (χ1) is 9.97. The Morgan fingerprint density at radius 3 is 2.95 bits per heavy atom. The summed E-state index contributed by atoms with van der Waals surface area (Å²) in [6.07, 6.45) is 6.20. The highest BCUT2D eigenvalue weighted by Gasteiger charge is 2.31. The van der Waals surface area contributed by atoms with Crippen molar-refractivity contribution in [3.63, 3.8) is 0 Å². The van der Waals surface area contributed by atoms with Gasteiger partial charge in [0.1, 0.15) is 5.82 Å². The minimum Gasteiger partial charge on any atom is -0.381 e. The molecule has 2 atom stereocenters. The fourth-order valence-electron chi connectivity index (χ4n) is 2.82. The zero-order chi connectivity index (χ0) is 15.5. The third-order valence-electron chi connectivity index (χ3n) is 4.06. The van der Waals surface area contributed by atoms with Crippen molar-refractivity contribution >= 4 is 10.0 Å². The fourth-order valence-corrected chi connectivity index (χ4v) is 4.57. The van der Waals surface area contributed by atoms with Crippen LogP contribution in [0.15, 0.2) is 12.4 Å². The Hall–Kier alpha value is -0.920. The smallest absolute Gasteiger partial charge is 0.216 e. The molecule has 1 aliphatic rings. The summed E-state index contributed by atoms with van der Waals surface area (Å²) >= 11 is 0. The van der Waals surface area contributed by atoms with Crippen molar-refractivity contribution in [1.82, 2.24) is 13.9 Å². The predicted octanol–water partition coefficient (Wildman–Crippen LogP) is 1.45. The molecule has 0 bridgehead atoms. The summed E-state index contributed by atoms with van der Waals surface area (Å²) in [4.78, 5) is 4.33. The zero-order valence-electron chi connectivity index (χ0n) is 13.0. The molecule has 120 valence electrons. The van der Waals surface area contributed by atoms with E-state index in [1.807, 2.05) is 6.20 Å². The van der Waals surface area contributed by atoms with E-state index < -0.39 is 10.0 Å². The van der Waals surface area contributed by atoms with E-state index in [-0.39, 0.29) is 17.9 Å². The molecule has 0 N–H and O–H groups in total. The van der Waals surface area contributed by atoms with Crippen LogP contribution >= 0.6 is 0 Å². The molecule has 7 heteroatoms. The largest absolute Gasteiger partial charge is 0.381 e. The lowest BCUT2D eigenvalue weighted by Crippen LogP contribution is -2.43. The van der Waals surface area contributed by atoms with Gasteiger partial charge in [-0.15, -0.1) is 0 Å². The molecular formula is C14H25N3O3S. The van der Waals surface area contributed by atoms with Crippen molar-refractivity contribution in [3.8, 4) is 0 Å². The molecule has 0 radical (unpaired) electrons. The van der Waals surface area contributed by atoms with Crippen LogP contribution < -0.4 is 0 Å². The number of hydrogen-bond donors (Lipinski definition) is 0. The van der Waals surface area contributed by atoms with Gasteiger partial charge >= 0.3 is 0 Å². The van der Waals surface area contributed by atoms with Gasteiger partial charge in [0.2, 0.25) is 10.0 Å². The molecule has 2 heterocycles. The van der Waals surface area contributed by atoms with Crippen LogP contribution in [0.1, 0.15) is 38.6 Å². The van der Waals surface area contributed by atoms with Gasteiger partial charge in [0.25, 0.3) is 0 Å². The van der Waals surface area contributed by atoms with Crippen LogP contribution in [-0.4, -0.2) is 54.3 Å². The van der Waals surface area contributed by atoms with Crippen molar-refractivity contribution in [2.24, 2.45) is 0 Å². The SMILES string of the molecule is CCc1nccn1C1CCCN(S(=O)(=O)CC(C)OC)C1. The molecular weight excluding hydrogens is 290 g/mol. The number of aromatic nitrogens is 2. The van der Waals surface area contributed by atoms with Crippen LogP contribution in [-0.2, 0) is 21.2 Å². The van der Waals surface area contributed by atoms with Gasteiger partial charge < -0.3 is 9.30 Å². The van der Waals surface area contributed by atoms with Gasteiger partial charge in [0.05, 0.1) is 11.9 Å². The number of sulfonamides is 1. The van der Waals surface area contributed by atoms with Crippen LogP contribution in [0, 0.1) is 0 Å². The Labute approximate surface area is 127 Å². The molecule has 1 aromatic rings. The summed E-state index contributed by atoms with van der Waals surface area (Å²) in [7, 11) is -1.72. The molecule has 1 saturated heterocycles. The summed E-state index contributed by atoms with van der Waals surface area (Å²) in [5, 5.41) is 0. The fraction of sp³-hybridized carbons (Fsp3) is 0.786. The first kappa shape index (κ1) is 16.5. The van der Waals surface area contributed by atoms with Gasteiger partial charge in [-0.25, -0.2) is 13.4 Å². The number of rotatable bonds is 6. The van der Waals surface area contributed by atoms with Crippen molar-refractivity contribution in [2.45, 2.75) is 45.3 Å². The topological polar surface area (TPSA) is 64.4 Å². The quantitative estimate of drug-likeness (QED) is 0.797. The zero-order valence-corrected chi connectivity index (χ0v) is 13.8. The van der Waals surface area contributed by atoms with Crippen LogP contribution in [0.3, 0.4) is 0 Å². The first-order valence-electron chi connectivity index (χ1n) is 7.50. The van der Waals surface area contributed by atoms with Crippen molar-refractivity contribution in [3.05, 3.63) is 18.2 Å². The second kappa shape index (κ2) is 6.89. The molecule has 1 fully saturated rings. The molecule has 0 amide bonds. The second-order valence-electron chi connectivity index (χ2n) is 5.58. The van der Waals surface area contributed by atoms with Gasteiger partial charge in [-0.1, -0.05) is 6.92 Å². The third kappa shape index (κ3) is 3.84. The second-order valence-corrected chi connectivity index (χ2v) is 7.60. The summed E-state index contributed by atoms with van der Waals surface area (Å²) in [5.41, 5.74) is 0. The summed E-state index contributed by atoms with van der Waals surface area (Å²) in [6.45, 7) is 4.98. The maximum atomic E-state index is 12.4. The molecule has 1 aliphatic heterocycles. The highest BCUT2D eigenvalue weighted by atomic mass is 32.2. The number of aryl methyl sites for hydroxylation is 1. The van der Waals surface area contributed by atoms with E-state index in [0.717, 1.165) is 25.1 Å². The maximum absolute atomic E-state index is 12.4. The number of imidazole rings is 1. The van der Waals surface area contributed by atoms with E-state index in [1.54, 1.807) is 17.4 Å². The standard InChI is InChI=1S/C14H25N3O3S/c1-4-14-15-7-9-17(14)13-6-5-8-16(10-13)21(18,19)11-12(2)20-3/h7,9,12-13H,4-6,8,10-11H2,1-3H3. The lowest BCUT2D eigenvalue weighted by Gasteiger charge is -2.33. The Kier molecular flexibility index (Phi) is 5.40. The predicted molar refractivity (Wildman–Crippen MR) is 81.7 cm³/mol. The minimum absolute atomic E-state index is 0.0424. The van der Waals surface area contributed by atoms with Crippen LogP contribution in [0.25, 0.3) is 0 Å². The van der Waals surface area contributed by atoms with Gasteiger partial charge in [0.15, 0.2) is 0 Å². The Morgan fingerprint density at radius 1 is 1.52 bits per heavy atom. The molecule has 2 unspecified atom stereocenters. The average molecular weight is 315 g/mol. The molecule has 21 heavy (non-hydrogen) atoms. The van der Waals surface area contributed by atoms with Crippen molar-refractivity contribution in [1.29, 1.82) is 0 Å². The van der Waals surface area contributed by atoms with Crippen LogP contribution in [0.5, 0.6) is 0 Å². The summed E-state index contributed by atoms with van der Waals surface area (Å²) in [6, 6.07) is 0.184. The molecule has 6 nitrogen and oxygen atoms in total. The molecule has 0 aliphatic carbocycles. The number of methoxy groups -OCH3 is 1. The Morgan fingerprint density at radius 2 is 2.29 bits per heavy atom. The lowest BCUT2D eigenvalue weighted by atomic mass is 10.1. The van der Waals surface area contributed by atoms with Crippen LogP contribution in [0.4, 0.5) is 0 Å². The van der Waals surface area contributed by atoms with Gasteiger partial charge in [0, 0.05) is 45.1 Å². The van der Waals surface area contributed by atoms with Gasteiger partial charge in [-0.05, 0) is 19.8 Å². The molecule has 0 spiro atoms. The number of piperidine rings is 1. The highest BCUT2D eigenvalue weighted by Crippen LogP contribution is 2.25. The third-order valence-corrected chi connectivity index (χ3v) is 6.07. The van der Waals surface area contributed by atoms with E-state index in [0.29, 0.717) is 13.1 Å². The molecule has 2 rings (SSSR count).